The highest BCUT2D eigenvalue weighted by atomic mass is 32.1. The fourth-order valence-electron chi connectivity index (χ4n) is 0.742. The molecule has 0 aliphatic carbocycles. The number of aromatic nitrogens is 2. The van der Waals surface area contributed by atoms with Gasteiger partial charge in [0.1, 0.15) is 5.01 Å². The first kappa shape index (κ1) is 10.6. The Labute approximate surface area is 84.0 Å². The summed E-state index contributed by atoms with van der Waals surface area (Å²) in [7, 11) is 0. The molecule has 1 amide bonds. The summed E-state index contributed by atoms with van der Waals surface area (Å²) in [4.78, 5) is 21.0. The fourth-order valence-corrected chi connectivity index (χ4v) is 1.44. The Kier molecular flexibility index (Phi) is 3.52. The quantitative estimate of drug-likeness (QED) is 0.660. The highest BCUT2D eigenvalue weighted by Gasteiger charge is 2.06. The minimum absolute atomic E-state index is 0.313. The van der Waals surface area contributed by atoms with Gasteiger partial charge in [0.2, 0.25) is 11.0 Å². The molecule has 0 aromatic carbocycles. The van der Waals surface area contributed by atoms with E-state index >= 15 is 0 Å². The molecular formula is C7H8N3O3S-. The first-order valence-electron chi connectivity index (χ1n) is 3.94. The van der Waals surface area contributed by atoms with Gasteiger partial charge in [-0.15, -0.1) is 10.2 Å². The van der Waals surface area contributed by atoms with Gasteiger partial charge in [-0.25, -0.2) is 0 Å². The van der Waals surface area contributed by atoms with Crippen LogP contribution in [0.5, 0.6) is 0 Å². The molecule has 14 heavy (non-hydrogen) atoms. The van der Waals surface area contributed by atoms with Crippen LogP contribution in [0.3, 0.4) is 0 Å². The molecule has 0 atom stereocenters. The molecule has 0 saturated heterocycles. The topological polar surface area (TPSA) is 95.0 Å². The van der Waals surface area contributed by atoms with Gasteiger partial charge in [0.15, 0.2) is 0 Å². The van der Waals surface area contributed by atoms with Crippen LogP contribution >= 0.6 is 11.3 Å². The molecular weight excluding hydrogens is 206 g/mol. The third-order valence-electron chi connectivity index (χ3n) is 1.32. The second-order valence-electron chi connectivity index (χ2n) is 2.45. The van der Waals surface area contributed by atoms with Crippen molar-refractivity contribution in [3.05, 3.63) is 5.01 Å². The van der Waals surface area contributed by atoms with Crippen LogP contribution in [0.4, 0.5) is 5.13 Å². The van der Waals surface area contributed by atoms with Crippen LogP contribution < -0.4 is 10.4 Å². The monoisotopic (exact) mass is 214 g/mol. The Bertz CT molecular complexity index is 350. The van der Waals surface area contributed by atoms with E-state index in [1.807, 2.05) is 6.92 Å². The molecule has 0 fully saturated rings. The number of nitrogens with zero attached hydrogens (tertiary/aromatic N) is 2. The first-order chi connectivity index (χ1) is 6.61. The number of aryl methyl sites for hydroxylation is 1. The normalized spacial score (nSPS) is 9.79. The number of amides is 1. The van der Waals surface area contributed by atoms with Gasteiger partial charge in [0, 0.05) is 0 Å². The van der Waals surface area contributed by atoms with Crippen molar-refractivity contribution < 1.29 is 14.7 Å². The largest absolute Gasteiger partial charge is 0.550 e. The van der Waals surface area contributed by atoms with Crippen LogP contribution in [0, 0.1) is 0 Å². The average Bonchev–Trinajstić information content (AvgIpc) is 2.50. The Hall–Kier alpha value is -1.50. The minimum Gasteiger partial charge on any atom is -0.550 e. The molecule has 1 aromatic rings. The summed E-state index contributed by atoms with van der Waals surface area (Å²) in [5, 5.41) is 20.9. The molecule has 0 aliphatic rings. The highest BCUT2D eigenvalue weighted by Crippen LogP contribution is 2.15. The van der Waals surface area contributed by atoms with Gasteiger partial charge < -0.3 is 15.2 Å². The van der Waals surface area contributed by atoms with Crippen molar-refractivity contribution in [2.24, 2.45) is 0 Å². The van der Waals surface area contributed by atoms with E-state index < -0.39 is 18.3 Å². The average molecular weight is 214 g/mol. The number of aliphatic carboxylic acids is 1. The van der Waals surface area contributed by atoms with Gasteiger partial charge >= 0.3 is 0 Å². The number of carbonyl (C=O) groups is 2. The molecule has 1 heterocycles. The Balaban J connectivity index is 2.51. The Morgan fingerprint density at radius 3 is 2.71 bits per heavy atom. The molecule has 0 aliphatic heterocycles. The first-order valence-corrected chi connectivity index (χ1v) is 4.75. The van der Waals surface area contributed by atoms with Gasteiger partial charge in [-0.3, -0.25) is 4.79 Å². The zero-order valence-corrected chi connectivity index (χ0v) is 8.26. The summed E-state index contributed by atoms with van der Waals surface area (Å²) in [5.41, 5.74) is 0. The standard InChI is InChI=1S/C7H9N3O3S/c1-2-5-9-10-7(14-5)8-4(11)3-6(12)13/h2-3H2,1H3,(H,12,13)(H,8,10,11)/p-1. The van der Waals surface area contributed by atoms with E-state index in [0.717, 1.165) is 11.4 Å². The highest BCUT2D eigenvalue weighted by molar-refractivity contribution is 7.15. The van der Waals surface area contributed by atoms with Crippen molar-refractivity contribution in [2.75, 3.05) is 5.32 Å². The zero-order valence-electron chi connectivity index (χ0n) is 7.44. The summed E-state index contributed by atoms with van der Waals surface area (Å²) < 4.78 is 0. The Morgan fingerprint density at radius 1 is 1.50 bits per heavy atom. The number of anilines is 1. The number of carbonyl (C=O) groups excluding carboxylic acids is 2. The maximum Gasteiger partial charge on any atom is 0.231 e. The van der Waals surface area contributed by atoms with Crippen molar-refractivity contribution in [3.63, 3.8) is 0 Å². The number of carboxylic acids is 1. The van der Waals surface area contributed by atoms with E-state index in [-0.39, 0.29) is 0 Å². The van der Waals surface area contributed by atoms with Gasteiger partial charge in [-0.2, -0.15) is 0 Å². The summed E-state index contributed by atoms with van der Waals surface area (Å²) in [6, 6.07) is 0. The number of carboxylic acid groups (broad SMARTS) is 1. The van der Waals surface area contributed by atoms with Crippen LogP contribution in [-0.4, -0.2) is 22.1 Å². The van der Waals surface area contributed by atoms with Crippen LogP contribution in [0.2, 0.25) is 0 Å². The lowest BCUT2D eigenvalue weighted by atomic mass is 10.4. The summed E-state index contributed by atoms with van der Waals surface area (Å²) >= 11 is 1.22. The second kappa shape index (κ2) is 4.66. The van der Waals surface area contributed by atoms with Crippen molar-refractivity contribution in [1.82, 2.24) is 10.2 Å². The van der Waals surface area contributed by atoms with Gasteiger partial charge in [-0.05, 0) is 6.42 Å². The number of hydrogen-bond donors (Lipinski definition) is 1. The van der Waals surface area contributed by atoms with E-state index in [2.05, 4.69) is 15.5 Å². The van der Waals surface area contributed by atoms with Crippen LogP contribution in [0.1, 0.15) is 18.4 Å². The van der Waals surface area contributed by atoms with E-state index in [1.54, 1.807) is 0 Å². The van der Waals surface area contributed by atoms with E-state index in [4.69, 9.17) is 0 Å². The predicted molar refractivity (Wildman–Crippen MR) is 47.5 cm³/mol. The van der Waals surface area contributed by atoms with Crippen molar-refractivity contribution in [1.29, 1.82) is 0 Å². The Morgan fingerprint density at radius 2 is 2.21 bits per heavy atom. The zero-order chi connectivity index (χ0) is 10.6. The molecule has 0 spiro atoms. The smallest absolute Gasteiger partial charge is 0.231 e. The molecule has 0 unspecified atom stereocenters. The molecule has 1 aromatic heterocycles. The molecule has 7 heteroatoms. The lowest BCUT2D eigenvalue weighted by Gasteiger charge is -2.00. The number of rotatable bonds is 4. The molecule has 6 nitrogen and oxygen atoms in total. The summed E-state index contributed by atoms with van der Waals surface area (Å²) in [6.45, 7) is 1.91. The van der Waals surface area contributed by atoms with Crippen molar-refractivity contribution >= 4 is 28.3 Å². The third kappa shape index (κ3) is 3.09. The van der Waals surface area contributed by atoms with Gasteiger partial charge in [0.25, 0.3) is 0 Å². The number of hydrogen-bond acceptors (Lipinski definition) is 6. The van der Waals surface area contributed by atoms with Crippen LogP contribution in [0.15, 0.2) is 0 Å². The number of nitrogens with one attached hydrogen (secondary N) is 1. The molecule has 0 bridgehead atoms. The van der Waals surface area contributed by atoms with E-state index in [1.165, 1.54) is 11.3 Å². The van der Waals surface area contributed by atoms with Gasteiger partial charge in [-0.1, -0.05) is 18.3 Å². The van der Waals surface area contributed by atoms with Gasteiger partial charge in [0.05, 0.1) is 12.4 Å². The molecule has 0 saturated carbocycles. The van der Waals surface area contributed by atoms with Crippen LogP contribution in [0.25, 0.3) is 0 Å². The maximum atomic E-state index is 10.9. The minimum atomic E-state index is -1.41. The summed E-state index contributed by atoms with van der Waals surface area (Å²) in [5.74, 6) is -2.06. The fraction of sp³-hybridized carbons (Fsp3) is 0.429. The lowest BCUT2D eigenvalue weighted by Crippen LogP contribution is -2.28. The third-order valence-corrected chi connectivity index (χ3v) is 2.30. The maximum absolute atomic E-state index is 10.9. The second-order valence-corrected chi connectivity index (χ2v) is 3.51. The van der Waals surface area contributed by atoms with E-state index in [9.17, 15) is 14.7 Å². The molecule has 1 rings (SSSR count). The molecule has 76 valence electrons. The van der Waals surface area contributed by atoms with Crippen molar-refractivity contribution in [3.8, 4) is 0 Å². The molecule has 1 N–H and O–H groups in total. The SMILES string of the molecule is CCc1nnc(NC(=O)CC(=O)[O-])s1. The van der Waals surface area contributed by atoms with Crippen LogP contribution in [-0.2, 0) is 16.0 Å². The molecule has 0 radical (unpaired) electrons. The van der Waals surface area contributed by atoms with E-state index in [0.29, 0.717) is 5.13 Å². The lowest BCUT2D eigenvalue weighted by molar-refractivity contribution is -0.304. The predicted octanol–water partition coefficient (Wildman–Crippen LogP) is -0.821. The van der Waals surface area contributed by atoms with Crippen molar-refractivity contribution in [2.45, 2.75) is 19.8 Å². The summed E-state index contributed by atoms with van der Waals surface area (Å²) in [6.07, 6.45) is 0.0645.